The van der Waals surface area contributed by atoms with Crippen molar-refractivity contribution in [1.29, 1.82) is 0 Å². The topological polar surface area (TPSA) is 50.9 Å². The lowest BCUT2D eigenvalue weighted by Crippen LogP contribution is -2.33. The highest BCUT2D eigenvalue weighted by molar-refractivity contribution is 5.71. The van der Waals surface area contributed by atoms with E-state index in [9.17, 15) is 13.9 Å². The second-order valence-corrected chi connectivity index (χ2v) is 5.45. The molecule has 4 nitrogen and oxygen atoms in total. The smallest absolute Gasteiger partial charge is 0.137 e. The summed E-state index contributed by atoms with van der Waals surface area (Å²) in [7, 11) is 0. The maximum absolute atomic E-state index is 13.2. The van der Waals surface area contributed by atoms with Crippen LogP contribution >= 0.6 is 0 Å². The van der Waals surface area contributed by atoms with Gasteiger partial charge in [-0.05, 0) is 41.0 Å². The van der Waals surface area contributed by atoms with Gasteiger partial charge in [-0.2, -0.15) is 5.10 Å². The third-order valence-electron chi connectivity index (χ3n) is 3.87. The summed E-state index contributed by atoms with van der Waals surface area (Å²) in [5.41, 5.74) is -0.180. The lowest BCUT2D eigenvalue weighted by atomic mass is 9.83. The summed E-state index contributed by atoms with van der Waals surface area (Å²) in [6.45, 7) is 4.01. The first-order chi connectivity index (χ1) is 11.5. The molecule has 1 atom stereocenters. The van der Waals surface area contributed by atoms with Crippen LogP contribution in [0.4, 0.5) is 8.78 Å². The highest BCUT2D eigenvalue weighted by atomic mass is 19.1. The van der Waals surface area contributed by atoms with Crippen LogP contribution in [0.25, 0.3) is 5.57 Å². The summed E-state index contributed by atoms with van der Waals surface area (Å²) in [6, 6.07) is 11.2. The summed E-state index contributed by atoms with van der Waals surface area (Å²) in [4.78, 5) is 3.86. The van der Waals surface area contributed by atoms with Crippen molar-refractivity contribution in [3.63, 3.8) is 0 Å². The van der Waals surface area contributed by atoms with E-state index in [1.165, 1.54) is 65.9 Å². The second kappa shape index (κ2) is 6.33. The summed E-state index contributed by atoms with van der Waals surface area (Å²) < 4.78 is 27.9. The molecule has 3 aromatic rings. The molecule has 3 rings (SSSR count). The molecule has 6 heteroatoms. The Bertz CT molecular complexity index is 830. The fourth-order valence-electron chi connectivity index (χ4n) is 2.53. The van der Waals surface area contributed by atoms with Crippen LogP contribution in [0.1, 0.15) is 11.1 Å². The Morgan fingerprint density at radius 2 is 1.62 bits per heavy atom. The molecule has 1 N–H and O–H groups in total. The van der Waals surface area contributed by atoms with Gasteiger partial charge in [-0.25, -0.2) is 18.4 Å². The van der Waals surface area contributed by atoms with E-state index in [0.29, 0.717) is 16.7 Å². The largest absolute Gasteiger partial charge is 0.378 e. The number of hydrogen-bond acceptors (Lipinski definition) is 3. The highest BCUT2D eigenvalue weighted by Gasteiger charge is 2.34. The zero-order valence-electron chi connectivity index (χ0n) is 12.7. The van der Waals surface area contributed by atoms with Gasteiger partial charge >= 0.3 is 0 Å². The van der Waals surface area contributed by atoms with E-state index in [0.717, 1.165) is 0 Å². The monoisotopic (exact) mass is 327 g/mol. The maximum atomic E-state index is 13.2. The molecular weight excluding hydrogens is 312 g/mol. The van der Waals surface area contributed by atoms with E-state index < -0.39 is 11.4 Å². The fourth-order valence-corrected chi connectivity index (χ4v) is 2.53. The van der Waals surface area contributed by atoms with Gasteiger partial charge in [0.25, 0.3) is 0 Å². The van der Waals surface area contributed by atoms with Gasteiger partial charge in [0.2, 0.25) is 0 Å². The predicted octanol–water partition coefficient (Wildman–Crippen LogP) is 3.16. The minimum Gasteiger partial charge on any atom is -0.378 e. The van der Waals surface area contributed by atoms with Crippen LogP contribution in [0.15, 0.2) is 67.8 Å². The summed E-state index contributed by atoms with van der Waals surface area (Å²) >= 11 is 0. The number of halogens is 2. The van der Waals surface area contributed by atoms with E-state index in [1.807, 2.05) is 0 Å². The van der Waals surface area contributed by atoms with Crippen LogP contribution in [0, 0.1) is 11.6 Å². The van der Waals surface area contributed by atoms with Gasteiger partial charge in [0.1, 0.15) is 29.9 Å². The highest BCUT2D eigenvalue weighted by Crippen LogP contribution is 2.36. The van der Waals surface area contributed by atoms with Crippen molar-refractivity contribution < 1.29 is 13.9 Å². The molecule has 0 amide bonds. The molecular formula is C18H15F2N3O. The maximum Gasteiger partial charge on any atom is 0.137 e. The Hall–Kier alpha value is -2.86. The van der Waals surface area contributed by atoms with Gasteiger partial charge in [-0.15, -0.1) is 0 Å². The van der Waals surface area contributed by atoms with Crippen LogP contribution in [0.2, 0.25) is 0 Å². The molecule has 1 aromatic heterocycles. The Balaban J connectivity index is 2.05. The van der Waals surface area contributed by atoms with Crippen molar-refractivity contribution >= 4 is 5.57 Å². The minimum atomic E-state index is -1.56. The molecule has 0 spiro atoms. The van der Waals surface area contributed by atoms with Gasteiger partial charge < -0.3 is 5.11 Å². The zero-order valence-corrected chi connectivity index (χ0v) is 12.7. The van der Waals surface area contributed by atoms with Crippen molar-refractivity contribution in [3.05, 3.63) is 90.5 Å². The third-order valence-corrected chi connectivity index (χ3v) is 3.87. The molecule has 2 aromatic carbocycles. The number of hydrogen-bond donors (Lipinski definition) is 1. The Morgan fingerprint density at radius 1 is 1.04 bits per heavy atom. The van der Waals surface area contributed by atoms with Crippen molar-refractivity contribution in [1.82, 2.24) is 14.8 Å². The molecule has 0 fully saturated rings. The molecule has 0 aliphatic heterocycles. The molecule has 0 aliphatic rings. The van der Waals surface area contributed by atoms with Gasteiger partial charge in [0.05, 0.1) is 6.54 Å². The Labute approximate surface area is 137 Å². The SMILES string of the molecule is C=C(c1ccc(F)cc1)C(O)(Cn1cncn1)c1ccc(F)cc1. The van der Waals surface area contributed by atoms with E-state index >= 15 is 0 Å². The van der Waals surface area contributed by atoms with Crippen molar-refractivity contribution in [2.24, 2.45) is 0 Å². The Kier molecular flexibility index (Phi) is 4.22. The standard InChI is InChI=1S/C18H15F2N3O/c1-13(14-2-6-16(19)7-3-14)18(24,10-23-12-21-11-22-23)15-4-8-17(20)9-5-15/h2-9,11-12,24H,1,10H2. The molecule has 24 heavy (non-hydrogen) atoms. The van der Waals surface area contributed by atoms with E-state index in [-0.39, 0.29) is 12.4 Å². The normalized spacial score (nSPS) is 13.5. The van der Waals surface area contributed by atoms with E-state index in [2.05, 4.69) is 16.7 Å². The molecule has 0 radical (unpaired) electrons. The van der Waals surface area contributed by atoms with E-state index in [4.69, 9.17) is 0 Å². The third kappa shape index (κ3) is 3.09. The van der Waals surface area contributed by atoms with Crippen LogP contribution in [-0.2, 0) is 12.1 Å². The quantitative estimate of drug-likeness (QED) is 0.783. The molecule has 122 valence electrons. The first kappa shape index (κ1) is 16.0. The molecule has 0 saturated heterocycles. The summed E-state index contributed by atoms with van der Waals surface area (Å²) in [6.07, 6.45) is 2.82. The van der Waals surface area contributed by atoms with Gasteiger partial charge in [0.15, 0.2) is 0 Å². The molecule has 0 bridgehead atoms. The summed E-state index contributed by atoms with van der Waals surface area (Å²) in [5, 5.41) is 15.3. The molecule has 0 saturated carbocycles. The Morgan fingerprint density at radius 3 is 2.17 bits per heavy atom. The average molecular weight is 327 g/mol. The molecule has 0 aliphatic carbocycles. The van der Waals surface area contributed by atoms with Gasteiger partial charge in [-0.1, -0.05) is 30.8 Å². The van der Waals surface area contributed by atoms with Crippen LogP contribution in [0.3, 0.4) is 0 Å². The molecule has 1 heterocycles. The van der Waals surface area contributed by atoms with Gasteiger partial charge in [-0.3, -0.25) is 0 Å². The van der Waals surface area contributed by atoms with Crippen molar-refractivity contribution in [2.75, 3.05) is 0 Å². The predicted molar refractivity (Wildman–Crippen MR) is 85.8 cm³/mol. The first-order valence-electron chi connectivity index (χ1n) is 7.25. The summed E-state index contributed by atoms with van der Waals surface area (Å²) in [5.74, 6) is -0.789. The first-order valence-corrected chi connectivity index (χ1v) is 7.25. The number of rotatable bonds is 5. The average Bonchev–Trinajstić information content (AvgIpc) is 3.08. The van der Waals surface area contributed by atoms with Crippen molar-refractivity contribution in [2.45, 2.75) is 12.1 Å². The van der Waals surface area contributed by atoms with Crippen molar-refractivity contribution in [3.8, 4) is 0 Å². The number of aromatic nitrogens is 3. The number of benzene rings is 2. The lowest BCUT2D eigenvalue weighted by Gasteiger charge is -2.31. The second-order valence-electron chi connectivity index (χ2n) is 5.45. The minimum absolute atomic E-state index is 0.0365. The number of aliphatic hydroxyl groups is 1. The zero-order chi connectivity index (χ0) is 17.2. The van der Waals surface area contributed by atoms with E-state index in [1.54, 1.807) is 0 Å². The molecule has 1 unspecified atom stereocenters. The lowest BCUT2D eigenvalue weighted by molar-refractivity contribution is 0.0765. The number of nitrogens with zero attached hydrogens (tertiary/aromatic N) is 3. The van der Waals surface area contributed by atoms with Crippen LogP contribution in [0.5, 0.6) is 0 Å². The van der Waals surface area contributed by atoms with Crippen LogP contribution < -0.4 is 0 Å². The fraction of sp³-hybridized carbons (Fsp3) is 0.111. The van der Waals surface area contributed by atoms with Gasteiger partial charge in [0, 0.05) is 0 Å². The van der Waals surface area contributed by atoms with Crippen LogP contribution in [-0.4, -0.2) is 19.9 Å².